The number of hydrogen-bond acceptors (Lipinski definition) is 18. The fourth-order valence-corrected chi connectivity index (χ4v) is 15.8. The van der Waals surface area contributed by atoms with Gasteiger partial charge in [-0.3, -0.25) is 48.8 Å². The van der Waals surface area contributed by atoms with Gasteiger partial charge in [0, 0.05) is 130 Å². The molecule has 1 unspecified atom stereocenters. The molecular weight excluding hydrogens is 1320 g/mol. The van der Waals surface area contributed by atoms with Crippen LogP contribution < -0.4 is 25.6 Å². The molecule has 4 aliphatic heterocycles. The van der Waals surface area contributed by atoms with Crippen LogP contribution in [0.4, 0.5) is 30.2 Å². The summed E-state index contributed by atoms with van der Waals surface area (Å²) in [6, 6.07) is 29.0. The van der Waals surface area contributed by atoms with E-state index < -0.39 is 82.5 Å². The van der Waals surface area contributed by atoms with Gasteiger partial charge in [0.1, 0.15) is 10.9 Å². The molecule has 3 saturated heterocycles. The van der Waals surface area contributed by atoms with Crippen LogP contribution in [-0.2, 0) is 43.7 Å². The molecule has 0 saturated carbocycles. The Balaban J connectivity index is 0.675. The summed E-state index contributed by atoms with van der Waals surface area (Å²) in [5.41, 5.74) is -0.603. The summed E-state index contributed by atoms with van der Waals surface area (Å²) in [4.78, 5) is 85.5. The Morgan fingerprint density at radius 2 is 1.47 bits per heavy atom. The number of imide groups is 2. The third-order valence-electron chi connectivity index (χ3n) is 17.9. The van der Waals surface area contributed by atoms with Crippen LogP contribution in [0.5, 0.6) is 0 Å². The van der Waals surface area contributed by atoms with E-state index in [-0.39, 0.29) is 72.8 Å². The molecule has 6 amide bonds. The summed E-state index contributed by atoms with van der Waals surface area (Å²) in [7, 11) is -11.1. The lowest BCUT2D eigenvalue weighted by Crippen LogP contribution is -2.54. The molecule has 5 aliphatic rings. The van der Waals surface area contributed by atoms with Crippen LogP contribution in [0, 0.1) is 5.41 Å². The molecule has 28 heteroatoms. The highest BCUT2D eigenvalue weighted by Gasteiger charge is 2.49. The number of hydrogen-bond donors (Lipinski definition) is 4. The quantitative estimate of drug-likeness (QED) is 0.0207. The van der Waals surface area contributed by atoms with E-state index >= 15 is 0 Å². The van der Waals surface area contributed by atoms with Gasteiger partial charge in [-0.25, -0.2) is 21.6 Å². The maximum absolute atomic E-state index is 14.5. The van der Waals surface area contributed by atoms with Crippen LogP contribution in [0.2, 0.25) is 5.02 Å². The van der Waals surface area contributed by atoms with Gasteiger partial charge in [-0.2, -0.15) is 13.2 Å². The number of carbonyl (C=O) groups is 6. The Kier molecular flexibility index (Phi) is 23.4. The summed E-state index contributed by atoms with van der Waals surface area (Å²) < 4.78 is 111. The smallest absolute Gasteiger partial charge is 0.382 e. The second-order valence-corrected chi connectivity index (χ2v) is 30.3. The molecule has 10 rings (SSSR count). The van der Waals surface area contributed by atoms with Crippen molar-refractivity contribution in [2.45, 2.75) is 97.5 Å². The molecule has 5 aromatic carbocycles. The minimum absolute atomic E-state index is 0.0151. The highest BCUT2D eigenvalue weighted by molar-refractivity contribution is 7.99. The lowest BCUT2D eigenvalue weighted by atomic mass is 9.73. The monoisotopic (exact) mass is 1400 g/mol. The van der Waals surface area contributed by atoms with Crippen LogP contribution >= 0.6 is 23.4 Å². The summed E-state index contributed by atoms with van der Waals surface area (Å²) >= 11 is 7.61. The minimum atomic E-state index is -6.17. The van der Waals surface area contributed by atoms with E-state index in [0.717, 1.165) is 66.5 Å². The number of amides is 6. The van der Waals surface area contributed by atoms with Gasteiger partial charge in [0.15, 0.2) is 0 Å². The Labute approximate surface area is 566 Å². The number of thioether (sulfide) groups is 1. The molecule has 0 spiro atoms. The largest absolute Gasteiger partial charge is 0.501 e. The molecule has 3 fully saturated rings. The predicted octanol–water partition coefficient (Wildman–Crippen LogP) is 8.97. The average Bonchev–Trinajstić information content (AvgIpc) is 1.64. The summed E-state index contributed by atoms with van der Waals surface area (Å²) in [5, 5.41) is 9.01. The molecule has 0 radical (unpaired) electrons. The number of piperazine rings is 2. The lowest BCUT2D eigenvalue weighted by molar-refractivity contribution is -0.136. The zero-order valence-electron chi connectivity index (χ0n) is 53.5. The van der Waals surface area contributed by atoms with Gasteiger partial charge < -0.3 is 29.9 Å². The Morgan fingerprint density at radius 3 is 2.17 bits per heavy atom. The number of benzene rings is 5. The molecule has 514 valence electrons. The van der Waals surface area contributed by atoms with Gasteiger partial charge in [0.2, 0.25) is 17.7 Å². The maximum Gasteiger partial charge on any atom is 0.501 e. The number of carbonyl (C=O) groups excluding carboxylic acids is 6. The highest BCUT2D eigenvalue weighted by Crippen LogP contribution is 2.43. The molecule has 0 aromatic heterocycles. The van der Waals surface area contributed by atoms with E-state index in [1.807, 2.05) is 47.2 Å². The molecule has 21 nitrogen and oxygen atoms in total. The van der Waals surface area contributed by atoms with Gasteiger partial charge in [-0.05, 0) is 134 Å². The number of nitrogens with zero attached hydrogens (tertiary/aromatic N) is 5. The Hall–Kier alpha value is -7.37. The number of rotatable bonds is 28. The van der Waals surface area contributed by atoms with Crippen molar-refractivity contribution in [2.75, 3.05) is 120 Å². The van der Waals surface area contributed by atoms with Gasteiger partial charge in [-0.1, -0.05) is 67.4 Å². The van der Waals surface area contributed by atoms with E-state index in [9.17, 15) is 58.8 Å². The van der Waals surface area contributed by atoms with Crippen LogP contribution in [0.15, 0.2) is 136 Å². The number of allylic oxidation sites excluding steroid dienone is 1. The summed E-state index contributed by atoms with van der Waals surface area (Å²) in [6.07, 6.45) is 4.17. The predicted molar refractivity (Wildman–Crippen MR) is 360 cm³/mol. The normalized spacial score (nSPS) is 18.5. The molecule has 5 aromatic rings. The lowest BCUT2D eigenvalue weighted by Gasteiger charge is -2.39. The molecule has 4 heterocycles. The van der Waals surface area contributed by atoms with Crippen molar-refractivity contribution < 1.29 is 68.2 Å². The maximum atomic E-state index is 14.5. The van der Waals surface area contributed by atoms with Gasteiger partial charge >= 0.3 is 5.51 Å². The van der Waals surface area contributed by atoms with Gasteiger partial charge in [-0.15, -0.1) is 11.8 Å². The van der Waals surface area contributed by atoms with Crippen LogP contribution in [0.3, 0.4) is 0 Å². The number of fused-ring (bicyclic) bond motifs is 1. The van der Waals surface area contributed by atoms with Crippen molar-refractivity contribution in [2.24, 2.45) is 5.41 Å². The number of nitrogens with one attached hydrogen (secondary N) is 4. The third-order valence-corrected chi connectivity index (χ3v) is 22.2. The zero-order valence-corrected chi connectivity index (χ0v) is 56.7. The molecule has 1 aliphatic carbocycles. The number of halogens is 4. The SMILES string of the molecule is CC1(C)CCC(c2ccc(Cl)cc2)=C(CN2CCN(c3ccc(C(=O)NS(=O)(=O)c4ccc(N[C@H](CCN5CCN(C(=O)CCCOCCOCCNc6cccc7c6C(=O)N(C6CCC(=O)NC6=O)C7=O)CC5)CSc5ccccc5)c(S(=O)(=O)C(F)(F)F)c4)cc3)CC2)C1. The number of ether oxygens (including phenoxy) is 2. The summed E-state index contributed by atoms with van der Waals surface area (Å²) in [5.74, 6) is -3.21. The number of piperidine rings is 1. The molecular formula is C68H79ClF3N9O12S3. The minimum Gasteiger partial charge on any atom is -0.382 e. The first kappa shape index (κ1) is 71.4. The van der Waals surface area contributed by atoms with E-state index in [1.165, 1.54) is 46.7 Å². The second-order valence-electron chi connectivity index (χ2n) is 25.2. The number of anilines is 3. The molecule has 4 N–H and O–H groups in total. The van der Waals surface area contributed by atoms with Crippen LogP contribution in [0.25, 0.3) is 5.57 Å². The molecule has 0 bridgehead atoms. The van der Waals surface area contributed by atoms with Crippen LogP contribution in [0.1, 0.15) is 102 Å². The number of sulfonamides is 1. The highest BCUT2D eigenvalue weighted by atomic mass is 35.5. The summed E-state index contributed by atoms with van der Waals surface area (Å²) in [6.45, 7) is 12.0. The standard InChI is InChI=1S/C68H79ClF3N9O12S3/c1-67(2)27-25-54(46-13-17-49(69)18-14-46)48(43-67)44-78-32-34-79(35-33-78)51-19-15-47(16-20-51)63(84)76-96(90,91)53-21-22-56(59(42-53)95(88,89)68(70,71)72)74-50(45-94-52-8-4-3-5-9-52)26-29-77-30-36-80(37-31-77)61(83)12-7-38-92-40-41-93-39-28-73-57-11-6-10-55-62(57)66(87)81(65(55)86)58-23-24-60(82)75-64(58)85/h3-6,8-11,13-22,42,50,58,73-74H,7,12,23-41,43-45H2,1-2H3,(H,76,84)(H,75,82,85)/t50-,58?/m1/s1. The van der Waals surface area contributed by atoms with E-state index in [0.29, 0.717) is 88.6 Å². The van der Waals surface area contributed by atoms with Crippen molar-refractivity contribution in [1.82, 2.24) is 29.6 Å². The Bertz CT molecular complexity index is 3930. The van der Waals surface area contributed by atoms with Crippen molar-refractivity contribution in [3.63, 3.8) is 0 Å². The zero-order chi connectivity index (χ0) is 68.4. The van der Waals surface area contributed by atoms with E-state index in [2.05, 4.69) is 56.6 Å². The van der Waals surface area contributed by atoms with E-state index in [1.54, 1.807) is 29.2 Å². The van der Waals surface area contributed by atoms with E-state index in [4.69, 9.17) is 21.1 Å². The van der Waals surface area contributed by atoms with Crippen molar-refractivity contribution in [3.05, 3.63) is 148 Å². The second kappa shape index (κ2) is 31.4. The third kappa shape index (κ3) is 17.9. The topological polar surface area (TPSA) is 253 Å². The van der Waals surface area contributed by atoms with Crippen molar-refractivity contribution >= 4 is 101 Å². The Morgan fingerprint density at radius 1 is 0.771 bits per heavy atom. The van der Waals surface area contributed by atoms with Gasteiger partial charge in [0.25, 0.3) is 37.6 Å². The van der Waals surface area contributed by atoms with Gasteiger partial charge in [0.05, 0.1) is 41.5 Å². The van der Waals surface area contributed by atoms with Crippen molar-refractivity contribution in [1.29, 1.82) is 0 Å². The number of alkyl halides is 3. The first-order chi connectivity index (χ1) is 45.8. The first-order valence-corrected chi connectivity index (χ1v) is 36.4. The first-order valence-electron chi connectivity index (χ1n) is 32.1. The molecule has 96 heavy (non-hydrogen) atoms. The fraction of sp³-hybridized carbons (Fsp3) is 0.441. The number of sulfone groups is 1. The van der Waals surface area contributed by atoms with Crippen molar-refractivity contribution in [3.8, 4) is 0 Å². The van der Waals surface area contributed by atoms with Crippen LogP contribution in [-0.4, -0.2) is 194 Å². The average molecular weight is 1400 g/mol. The molecule has 2 atom stereocenters. The fourth-order valence-electron chi connectivity index (χ4n) is 12.6.